The van der Waals surface area contributed by atoms with Gasteiger partial charge in [-0.05, 0) is 31.5 Å². The van der Waals surface area contributed by atoms with Crippen molar-refractivity contribution in [2.75, 3.05) is 39.8 Å². The van der Waals surface area contributed by atoms with E-state index in [1.54, 1.807) is 31.3 Å². The minimum Gasteiger partial charge on any atom is -0.361 e. The van der Waals surface area contributed by atoms with E-state index in [4.69, 9.17) is 9.36 Å². The van der Waals surface area contributed by atoms with Gasteiger partial charge in [0.25, 0.3) is 5.91 Å². The highest BCUT2D eigenvalue weighted by molar-refractivity contribution is 5.90. The fourth-order valence-electron chi connectivity index (χ4n) is 4.30. The van der Waals surface area contributed by atoms with Gasteiger partial charge >= 0.3 is 5.91 Å². The van der Waals surface area contributed by atoms with Crippen molar-refractivity contribution in [2.45, 2.75) is 27.0 Å². The van der Waals surface area contributed by atoms with Gasteiger partial charge in [0, 0.05) is 38.3 Å². The Balaban J connectivity index is 1.43. The van der Waals surface area contributed by atoms with Crippen LogP contribution in [0.15, 0.2) is 65.2 Å². The fraction of sp³-hybridized carbons (Fsp3) is 0.370. The first-order valence-corrected chi connectivity index (χ1v) is 11.9. The molecule has 0 saturated carbocycles. The van der Waals surface area contributed by atoms with E-state index in [2.05, 4.69) is 22.2 Å². The normalized spacial score (nSPS) is 16.1. The van der Waals surface area contributed by atoms with Crippen molar-refractivity contribution in [1.29, 1.82) is 0 Å². The van der Waals surface area contributed by atoms with Gasteiger partial charge in [0.15, 0.2) is 6.54 Å². The lowest BCUT2D eigenvalue weighted by atomic mass is 10.2. The van der Waals surface area contributed by atoms with Crippen molar-refractivity contribution in [1.82, 2.24) is 15.0 Å². The Hall–Kier alpha value is -3.33. The number of aromatic nitrogens is 1. The second-order valence-corrected chi connectivity index (χ2v) is 9.15. The number of piperazine rings is 1. The minimum atomic E-state index is -0.489. The van der Waals surface area contributed by atoms with Crippen molar-refractivity contribution in [2.24, 2.45) is 0 Å². The van der Waals surface area contributed by atoms with Gasteiger partial charge in [0.05, 0.1) is 11.3 Å². The summed E-state index contributed by atoms with van der Waals surface area (Å²) in [5, 5.41) is 3.96. The highest BCUT2D eigenvalue weighted by atomic mass is 16.7. The predicted molar refractivity (Wildman–Crippen MR) is 131 cm³/mol. The summed E-state index contributed by atoms with van der Waals surface area (Å²) >= 11 is 0. The Kier molecular flexibility index (Phi) is 7.75. The number of amides is 2. The lowest BCUT2D eigenvalue weighted by Gasteiger charge is -2.36. The number of likely N-dealkylation sites (N-methyl/N-ethyl adjacent to an activating group) is 1. The van der Waals surface area contributed by atoms with Crippen LogP contribution in [0.3, 0.4) is 0 Å². The fourth-order valence-corrected chi connectivity index (χ4v) is 4.30. The monoisotopic (exact) mass is 477 g/mol. The number of hydroxylamine groups is 3. The molecule has 0 N–H and O–H groups in total. The third-order valence-corrected chi connectivity index (χ3v) is 6.54. The zero-order valence-electron chi connectivity index (χ0n) is 20.6. The van der Waals surface area contributed by atoms with Gasteiger partial charge in [-0.25, -0.2) is 4.79 Å². The van der Waals surface area contributed by atoms with Crippen LogP contribution in [0.2, 0.25) is 0 Å². The number of rotatable bonds is 8. The molecule has 2 aromatic carbocycles. The smallest absolute Gasteiger partial charge is 0.361 e. The molecule has 8 heteroatoms. The third kappa shape index (κ3) is 6.03. The molecule has 1 atom stereocenters. The van der Waals surface area contributed by atoms with Crippen LogP contribution >= 0.6 is 0 Å². The van der Waals surface area contributed by atoms with E-state index in [1.165, 1.54) is 5.56 Å². The molecule has 2 amide bonds. The topological polar surface area (TPSA) is 75.9 Å². The predicted octanol–water partition coefficient (Wildman–Crippen LogP) is 3.35. The number of carbonyl (C=O) groups is 2. The van der Waals surface area contributed by atoms with Crippen LogP contribution in [0.25, 0.3) is 0 Å². The highest BCUT2D eigenvalue weighted by Crippen LogP contribution is 2.20. The summed E-state index contributed by atoms with van der Waals surface area (Å²) in [6.45, 7) is 7.35. The average molecular weight is 478 g/mol. The molecule has 184 valence electrons. The summed E-state index contributed by atoms with van der Waals surface area (Å²) in [7, 11) is 1.65. The van der Waals surface area contributed by atoms with Gasteiger partial charge in [-0.1, -0.05) is 53.7 Å². The minimum absolute atomic E-state index is 0.0875. The maximum atomic E-state index is 13.5. The number of hydrogen-bond donors (Lipinski definition) is 0. The van der Waals surface area contributed by atoms with Crippen LogP contribution < -0.4 is 0 Å². The van der Waals surface area contributed by atoms with Gasteiger partial charge in [0.2, 0.25) is 0 Å². The van der Waals surface area contributed by atoms with E-state index in [0.717, 1.165) is 25.2 Å². The van der Waals surface area contributed by atoms with E-state index in [-0.39, 0.29) is 25.0 Å². The lowest BCUT2D eigenvalue weighted by molar-refractivity contribution is -1.02. The molecule has 35 heavy (non-hydrogen) atoms. The molecule has 1 unspecified atom stereocenters. The molecule has 0 aliphatic carbocycles. The Labute approximate surface area is 206 Å². The number of carbonyl (C=O) groups excluding carboxylic acids is 2. The van der Waals surface area contributed by atoms with Crippen molar-refractivity contribution < 1.29 is 23.6 Å². The Bertz CT molecular complexity index is 1120. The molecule has 2 heterocycles. The summed E-state index contributed by atoms with van der Waals surface area (Å²) in [6, 6.07) is 19.3. The molecule has 3 aromatic rings. The number of benzene rings is 2. The van der Waals surface area contributed by atoms with E-state index >= 15 is 0 Å². The summed E-state index contributed by atoms with van der Waals surface area (Å²) in [6.07, 6.45) is 0. The Morgan fingerprint density at radius 3 is 2.20 bits per heavy atom. The molecule has 1 fully saturated rings. The lowest BCUT2D eigenvalue weighted by Crippen LogP contribution is -2.57. The molecule has 0 radical (unpaired) electrons. The van der Waals surface area contributed by atoms with Gasteiger partial charge < -0.3 is 9.42 Å². The quantitative estimate of drug-likeness (QED) is 0.366. The zero-order chi connectivity index (χ0) is 24.8. The largest absolute Gasteiger partial charge is 0.378 e. The van der Waals surface area contributed by atoms with Crippen molar-refractivity contribution in [3.63, 3.8) is 0 Å². The second-order valence-electron chi connectivity index (χ2n) is 9.15. The first kappa shape index (κ1) is 24.8. The van der Waals surface area contributed by atoms with Crippen molar-refractivity contribution >= 4 is 11.8 Å². The molecule has 4 rings (SSSR count). The molecule has 1 aliphatic heterocycles. The van der Waals surface area contributed by atoms with Crippen LogP contribution in [0.1, 0.15) is 32.9 Å². The highest BCUT2D eigenvalue weighted by Gasteiger charge is 2.40. The Morgan fingerprint density at radius 1 is 0.971 bits per heavy atom. The Morgan fingerprint density at radius 2 is 1.60 bits per heavy atom. The molecule has 8 nitrogen and oxygen atoms in total. The molecular formula is C27H33N4O4+. The van der Waals surface area contributed by atoms with Crippen LogP contribution in [-0.2, 0) is 22.8 Å². The van der Waals surface area contributed by atoms with E-state index < -0.39 is 4.65 Å². The summed E-state index contributed by atoms with van der Waals surface area (Å²) in [4.78, 5) is 37.2. The number of nitrogens with zero attached hydrogens (tertiary/aromatic N) is 4. The van der Waals surface area contributed by atoms with Gasteiger partial charge in [-0.2, -0.15) is 4.84 Å². The molecular weight excluding hydrogens is 444 g/mol. The standard InChI is InChI=1S/C27H33N4O4/c1-21-25(22(2)35-28-21)20-34-31(3,27(33)24-12-8-5-9-13-24)19-26(32)30-16-14-29(15-17-30)18-23-10-6-4-7-11-23/h4-13H,14-20H2,1-3H3/q+1. The third-order valence-electron chi connectivity index (χ3n) is 6.54. The molecule has 0 bridgehead atoms. The van der Waals surface area contributed by atoms with Crippen LogP contribution in [0, 0.1) is 13.8 Å². The SMILES string of the molecule is Cc1noc(C)c1CO[N+](C)(CC(=O)N1CCN(Cc2ccccc2)CC1)C(=O)c1ccccc1. The molecule has 1 aliphatic rings. The van der Waals surface area contributed by atoms with Crippen molar-refractivity contribution in [3.8, 4) is 0 Å². The van der Waals surface area contributed by atoms with Gasteiger partial charge in [0.1, 0.15) is 19.4 Å². The first-order valence-electron chi connectivity index (χ1n) is 11.9. The van der Waals surface area contributed by atoms with E-state index in [0.29, 0.717) is 30.1 Å². The average Bonchev–Trinajstić information content (AvgIpc) is 3.20. The van der Waals surface area contributed by atoms with E-state index in [9.17, 15) is 9.59 Å². The number of aryl methyl sites for hydroxylation is 2. The second kappa shape index (κ2) is 10.9. The van der Waals surface area contributed by atoms with Crippen molar-refractivity contribution in [3.05, 3.63) is 88.8 Å². The molecule has 1 aromatic heterocycles. The van der Waals surface area contributed by atoms with Crippen LogP contribution in [-0.4, -0.2) is 71.2 Å². The van der Waals surface area contributed by atoms with Crippen LogP contribution in [0.5, 0.6) is 0 Å². The van der Waals surface area contributed by atoms with Gasteiger partial charge in [-0.3, -0.25) is 9.69 Å². The number of quaternary nitrogens is 1. The summed E-state index contributed by atoms with van der Waals surface area (Å²) < 4.78 is 4.74. The summed E-state index contributed by atoms with van der Waals surface area (Å²) in [5.41, 5.74) is 3.26. The molecule has 0 spiro atoms. The van der Waals surface area contributed by atoms with E-state index in [1.807, 2.05) is 43.0 Å². The van der Waals surface area contributed by atoms with Crippen LogP contribution in [0.4, 0.5) is 0 Å². The maximum absolute atomic E-state index is 13.5. The summed E-state index contributed by atoms with van der Waals surface area (Å²) in [5.74, 6) is 0.269. The number of hydrogen-bond acceptors (Lipinski definition) is 6. The van der Waals surface area contributed by atoms with Gasteiger partial charge in [-0.15, -0.1) is 4.65 Å². The maximum Gasteiger partial charge on any atom is 0.378 e. The first-order chi connectivity index (χ1) is 16.9. The molecule has 1 saturated heterocycles. The zero-order valence-corrected chi connectivity index (χ0v) is 20.6.